The summed E-state index contributed by atoms with van der Waals surface area (Å²) in [6.07, 6.45) is 2.02. The highest BCUT2D eigenvalue weighted by molar-refractivity contribution is 5.36. The van der Waals surface area contributed by atoms with Crippen LogP contribution in [0.4, 0.5) is 4.39 Å². The Balaban J connectivity index is 1.83. The second kappa shape index (κ2) is 8.01. The third-order valence-corrected chi connectivity index (χ3v) is 3.32. The van der Waals surface area contributed by atoms with E-state index in [-0.39, 0.29) is 19.0 Å². The molecule has 1 heterocycles. The minimum atomic E-state index is -0.318. The van der Waals surface area contributed by atoms with Crippen molar-refractivity contribution in [2.45, 2.75) is 19.4 Å². The standard InChI is InChI=1S/C16H19FO3/c17-16-10-13(2-1-7-18)3-4-15(16)12-20-11-14-5-8-19-9-6-14/h3-4,10,14,18H,5-9,11-12H2. The van der Waals surface area contributed by atoms with Gasteiger partial charge < -0.3 is 14.6 Å². The number of ether oxygens (including phenoxy) is 2. The molecule has 0 unspecified atom stereocenters. The van der Waals surface area contributed by atoms with Gasteiger partial charge >= 0.3 is 0 Å². The fraction of sp³-hybridized carbons (Fsp3) is 0.500. The summed E-state index contributed by atoms with van der Waals surface area (Å²) in [6, 6.07) is 4.79. The van der Waals surface area contributed by atoms with Gasteiger partial charge in [0.1, 0.15) is 12.4 Å². The van der Waals surface area contributed by atoms with Crippen LogP contribution in [-0.2, 0) is 16.1 Å². The van der Waals surface area contributed by atoms with Crippen molar-refractivity contribution in [3.8, 4) is 11.8 Å². The number of aliphatic hydroxyl groups is 1. The highest BCUT2D eigenvalue weighted by atomic mass is 19.1. The molecule has 0 amide bonds. The fourth-order valence-corrected chi connectivity index (χ4v) is 2.13. The monoisotopic (exact) mass is 278 g/mol. The van der Waals surface area contributed by atoms with Gasteiger partial charge in [0.25, 0.3) is 0 Å². The lowest BCUT2D eigenvalue weighted by Crippen LogP contribution is -2.20. The van der Waals surface area contributed by atoms with Gasteiger partial charge in [-0.25, -0.2) is 4.39 Å². The van der Waals surface area contributed by atoms with Gasteiger partial charge in [0.05, 0.1) is 13.2 Å². The zero-order valence-corrected chi connectivity index (χ0v) is 11.4. The molecule has 1 fully saturated rings. The Kier molecular flexibility index (Phi) is 6.00. The molecule has 0 radical (unpaired) electrons. The van der Waals surface area contributed by atoms with Crippen LogP contribution in [-0.4, -0.2) is 31.5 Å². The molecule has 3 nitrogen and oxygen atoms in total. The summed E-state index contributed by atoms with van der Waals surface area (Å²) >= 11 is 0. The van der Waals surface area contributed by atoms with Gasteiger partial charge in [0.2, 0.25) is 0 Å². The first-order valence-corrected chi connectivity index (χ1v) is 6.83. The van der Waals surface area contributed by atoms with Crippen molar-refractivity contribution in [3.05, 3.63) is 35.1 Å². The van der Waals surface area contributed by atoms with E-state index >= 15 is 0 Å². The third-order valence-electron chi connectivity index (χ3n) is 3.32. The predicted octanol–water partition coefficient (Wildman–Crippen LogP) is 2.11. The van der Waals surface area contributed by atoms with E-state index in [4.69, 9.17) is 14.6 Å². The summed E-state index contributed by atoms with van der Waals surface area (Å²) in [6.45, 7) is 2.28. The molecule has 108 valence electrons. The molecule has 0 aliphatic carbocycles. The lowest BCUT2D eigenvalue weighted by molar-refractivity contribution is 0.0151. The van der Waals surface area contributed by atoms with Crippen LogP contribution in [0.2, 0.25) is 0 Å². The van der Waals surface area contributed by atoms with E-state index in [1.807, 2.05) is 0 Å². The third kappa shape index (κ3) is 4.61. The lowest BCUT2D eigenvalue weighted by atomic mass is 10.0. The van der Waals surface area contributed by atoms with E-state index in [1.54, 1.807) is 12.1 Å². The van der Waals surface area contributed by atoms with Crippen molar-refractivity contribution >= 4 is 0 Å². The molecule has 0 atom stereocenters. The Morgan fingerprint density at radius 3 is 2.85 bits per heavy atom. The maximum atomic E-state index is 13.8. The van der Waals surface area contributed by atoms with E-state index in [0.717, 1.165) is 26.1 Å². The number of benzene rings is 1. The molecule has 0 spiro atoms. The van der Waals surface area contributed by atoms with Crippen molar-refractivity contribution in [1.29, 1.82) is 0 Å². The van der Waals surface area contributed by atoms with Gasteiger partial charge in [-0.3, -0.25) is 0 Å². The molecule has 20 heavy (non-hydrogen) atoms. The van der Waals surface area contributed by atoms with Crippen LogP contribution in [0.1, 0.15) is 24.0 Å². The molecule has 1 saturated heterocycles. The highest BCUT2D eigenvalue weighted by Crippen LogP contribution is 2.16. The summed E-state index contributed by atoms with van der Waals surface area (Å²) in [5.41, 5.74) is 1.09. The molecular formula is C16H19FO3. The summed E-state index contributed by atoms with van der Waals surface area (Å²) in [4.78, 5) is 0. The van der Waals surface area contributed by atoms with Gasteiger partial charge in [-0.1, -0.05) is 17.9 Å². The summed E-state index contributed by atoms with van der Waals surface area (Å²) in [5, 5.41) is 8.60. The Bertz CT molecular complexity index is 484. The minimum Gasteiger partial charge on any atom is -0.384 e. The van der Waals surface area contributed by atoms with Crippen molar-refractivity contribution in [2.75, 3.05) is 26.4 Å². The summed E-state index contributed by atoms with van der Waals surface area (Å²) in [5.74, 6) is 5.37. The van der Waals surface area contributed by atoms with E-state index in [2.05, 4.69) is 11.8 Å². The largest absolute Gasteiger partial charge is 0.384 e. The molecule has 0 saturated carbocycles. The Labute approximate surface area is 118 Å². The molecule has 4 heteroatoms. The molecule has 1 aromatic rings. The van der Waals surface area contributed by atoms with Crippen LogP contribution in [0.3, 0.4) is 0 Å². The molecule has 1 aliphatic rings. The number of aliphatic hydroxyl groups excluding tert-OH is 1. The topological polar surface area (TPSA) is 38.7 Å². The quantitative estimate of drug-likeness (QED) is 0.857. The normalized spacial score (nSPS) is 15.7. The molecular weight excluding hydrogens is 259 g/mol. The van der Waals surface area contributed by atoms with Gasteiger partial charge in [0, 0.05) is 24.3 Å². The first-order valence-electron chi connectivity index (χ1n) is 6.83. The molecule has 2 rings (SSSR count). The van der Waals surface area contributed by atoms with Gasteiger partial charge in [-0.05, 0) is 30.9 Å². The molecule has 1 aromatic carbocycles. The smallest absolute Gasteiger partial charge is 0.129 e. The summed E-state index contributed by atoms with van der Waals surface area (Å²) < 4.78 is 24.7. The Hall–Kier alpha value is -1.41. The lowest BCUT2D eigenvalue weighted by Gasteiger charge is -2.21. The van der Waals surface area contributed by atoms with Crippen LogP contribution in [0, 0.1) is 23.6 Å². The summed E-state index contributed by atoms with van der Waals surface area (Å²) in [7, 11) is 0. The van der Waals surface area contributed by atoms with Crippen LogP contribution >= 0.6 is 0 Å². The van der Waals surface area contributed by atoms with Crippen LogP contribution in [0.15, 0.2) is 18.2 Å². The second-order valence-electron chi connectivity index (χ2n) is 4.84. The van der Waals surface area contributed by atoms with Gasteiger partial charge in [0.15, 0.2) is 0 Å². The van der Waals surface area contributed by atoms with Crippen molar-refractivity contribution in [3.63, 3.8) is 0 Å². The number of rotatable bonds is 4. The Morgan fingerprint density at radius 2 is 2.15 bits per heavy atom. The van der Waals surface area contributed by atoms with Crippen molar-refractivity contribution in [1.82, 2.24) is 0 Å². The van der Waals surface area contributed by atoms with E-state index in [1.165, 1.54) is 6.07 Å². The van der Waals surface area contributed by atoms with Crippen LogP contribution < -0.4 is 0 Å². The average Bonchev–Trinajstić information content (AvgIpc) is 2.48. The maximum Gasteiger partial charge on any atom is 0.129 e. The number of hydrogen-bond donors (Lipinski definition) is 1. The molecule has 0 bridgehead atoms. The van der Waals surface area contributed by atoms with E-state index in [9.17, 15) is 4.39 Å². The predicted molar refractivity (Wildman–Crippen MR) is 73.6 cm³/mol. The van der Waals surface area contributed by atoms with Gasteiger partial charge in [-0.15, -0.1) is 0 Å². The second-order valence-corrected chi connectivity index (χ2v) is 4.84. The molecule has 0 aromatic heterocycles. The van der Waals surface area contributed by atoms with Crippen molar-refractivity contribution in [2.24, 2.45) is 5.92 Å². The SMILES string of the molecule is OCC#Cc1ccc(COCC2CCOCC2)c(F)c1. The number of halogens is 1. The van der Waals surface area contributed by atoms with Crippen LogP contribution in [0.5, 0.6) is 0 Å². The first-order chi connectivity index (χ1) is 9.79. The van der Waals surface area contributed by atoms with Crippen LogP contribution in [0.25, 0.3) is 0 Å². The zero-order chi connectivity index (χ0) is 14.2. The van der Waals surface area contributed by atoms with Crippen molar-refractivity contribution < 1.29 is 19.0 Å². The maximum absolute atomic E-state index is 13.8. The first kappa shape index (κ1) is 15.0. The highest BCUT2D eigenvalue weighted by Gasteiger charge is 2.14. The minimum absolute atomic E-state index is 0.225. The molecule has 1 aliphatic heterocycles. The Morgan fingerprint density at radius 1 is 1.35 bits per heavy atom. The number of hydrogen-bond acceptors (Lipinski definition) is 3. The van der Waals surface area contributed by atoms with E-state index in [0.29, 0.717) is 23.7 Å². The fourth-order valence-electron chi connectivity index (χ4n) is 2.13. The molecule has 1 N–H and O–H groups in total. The van der Waals surface area contributed by atoms with E-state index < -0.39 is 0 Å². The zero-order valence-electron chi connectivity index (χ0n) is 11.4. The average molecular weight is 278 g/mol. The van der Waals surface area contributed by atoms with Gasteiger partial charge in [-0.2, -0.15) is 0 Å².